The number of nitrogens with zero attached hydrogens (tertiary/aromatic N) is 8. The molecule has 0 radical (unpaired) electrons. The summed E-state index contributed by atoms with van der Waals surface area (Å²) < 4.78 is 0. The fourth-order valence-corrected chi connectivity index (χ4v) is 1.73. The molecule has 0 unspecified atom stereocenters. The van der Waals surface area contributed by atoms with Gasteiger partial charge in [0.1, 0.15) is 11.6 Å². The number of aromatic amines is 1. The van der Waals surface area contributed by atoms with Gasteiger partial charge >= 0.3 is 0 Å². The Morgan fingerprint density at radius 2 is 2.32 bits per heavy atom. The number of tetrazole rings is 2. The molecule has 1 aromatic carbocycles. The van der Waals surface area contributed by atoms with Crippen molar-refractivity contribution in [3.63, 3.8) is 0 Å². The summed E-state index contributed by atoms with van der Waals surface area (Å²) in [6.07, 6.45) is 1.51. The van der Waals surface area contributed by atoms with Crippen LogP contribution >= 0.6 is 0 Å². The van der Waals surface area contributed by atoms with Gasteiger partial charge in [-0.2, -0.15) is 15.3 Å². The number of hydrogen-bond acceptors (Lipinski definition) is 8. The van der Waals surface area contributed by atoms with Crippen LogP contribution in [-0.4, -0.2) is 40.8 Å². The van der Waals surface area contributed by atoms with E-state index in [0.717, 1.165) is 11.3 Å². The highest BCUT2D eigenvalue weighted by Crippen LogP contribution is 2.19. The van der Waals surface area contributed by atoms with Crippen molar-refractivity contribution in [2.24, 2.45) is 7.05 Å². The van der Waals surface area contributed by atoms with Crippen LogP contribution in [0.15, 0.2) is 30.5 Å². The Bertz CT molecular complexity index is 839. The number of nitrogens with one attached hydrogen (secondary N) is 2. The molecule has 3 aromatic rings. The topological polar surface area (TPSA) is 134 Å². The summed E-state index contributed by atoms with van der Waals surface area (Å²) in [6.45, 7) is 0. The van der Waals surface area contributed by atoms with Crippen molar-refractivity contribution in [2.45, 2.75) is 0 Å². The van der Waals surface area contributed by atoms with E-state index in [-0.39, 0.29) is 11.4 Å². The molecule has 0 aliphatic carbocycles. The second-order valence-corrected chi connectivity index (χ2v) is 4.23. The number of allylic oxidation sites excluding steroid dienone is 1. The van der Waals surface area contributed by atoms with Gasteiger partial charge in [0.2, 0.25) is 11.6 Å². The van der Waals surface area contributed by atoms with Crippen molar-refractivity contribution >= 4 is 11.3 Å². The molecular formula is C12H10N10. The second-order valence-electron chi connectivity index (χ2n) is 4.23. The minimum atomic E-state index is 0.224. The minimum absolute atomic E-state index is 0.224. The van der Waals surface area contributed by atoms with E-state index < -0.39 is 0 Å². The molecule has 0 bridgehead atoms. The maximum absolute atomic E-state index is 9.10. The molecule has 0 saturated heterocycles. The molecule has 10 heteroatoms. The Kier molecular flexibility index (Phi) is 3.52. The fourth-order valence-electron chi connectivity index (χ4n) is 1.73. The number of aromatic nitrogens is 8. The predicted octanol–water partition coefficient (Wildman–Crippen LogP) is 0.367. The van der Waals surface area contributed by atoms with Gasteiger partial charge in [-0.3, -0.25) is 0 Å². The number of rotatable bonds is 4. The number of aryl methyl sites for hydroxylation is 1. The van der Waals surface area contributed by atoms with Gasteiger partial charge < -0.3 is 5.32 Å². The van der Waals surface area contributed by atoms with Crippen molar-refractivity contribution in [2.75, 3.05) is 5.32 Å². The molecule has 2 heterocycles. The highest BCUT2D eigenvalue weighted by Gasteiger charge is 2.07. The highest BCUT2D eigenvalue weighted by atomic mass is 15.6. The quantitative estimate of drug-likeness (QED) is 0.659. The van der Waals surface area contributed by atoms with Gasteiger partial charge in [0.05, 0.1) is 7.05 Å². The molecule has 0 spiro atoms. The molecule has 3 rings (SSSR count). The molecule has 108 valence electrons. The summed E-state index contributed by atoms with van der Waals surface area (Å²) >= 11 is 0. The van der Waals surface area contributed by atoms with Crippen molar-refractivity contribution in [3.8, 4) is 17.5 Å². The Morgan fingerprint density at radius 3 is 3.00 bits per heavy atom. The lowest BCUT2D eigenvalue weighted by atomic mass is 10.2. The van der Waals surface area contributed by atoms with Crippen molar-refractivity contribution < 1.29 is 0 Å². The third-order valence-corrected chi connectivity index (χ3v) is 2.72. The zero-order valence-corrected chi connectivity index (χ0v) is 11.5. The predicted molar refractivity (Wildman–Crippen MR) is 75.6 cm³/mol. The molecule has 0 amide bonds. The number of anilines is 1. The van der Waals surface area contributed by atoms with E-state index in [1.807, 2.05) is 30.3 Å². The number of hydrogen-bond donors (Lipinski definition) is 2. The summed E-state index contributed by atoms with van der Waals surface area (Å²) in [7, 11) is 1.70. The molecule has 2 aromatic heterocycles. The van der Waals surface area contributed by atoms with Crippen molar-refractivity contribution in [1.29, 1.82) is 5.26 Å². The van der Waals surface area contributed by atoms with Gasteiger partial charge in [-0.15, -0.1) is 20.4 Å². The van der Waals surface area contributed by atoms with Crippen LogP contribution in [0.25, 0.3) is 17.0 Å². The second kappa shape index (κ2) is 5.80. The molecule has 0 aliphatic heterocycles. The average molecular weight is 294 g/mol. The molecule has 0 saturated carbocycles. The van der Waals surface area contributed by atoms with Gasteiger partial charge in [0.25, 0.3) is 0 Å². The van der Waals surface area contributed by atoms with Crippen LogP contribution < -0.4 is 5.32 Å². The first kappa shape index (κ1) is 13.4. The van der Waals surface area contributed by atoms with E-state index in [0.29, 0.717) is 5.82 Å². The summed E-state index contributed by atoms with van der Waals surface area (Å²) in [4.78, 5) is 1.39. The molecule has 22 heavy (non-hydrogen) atoms. The maximum Gasteiger partial charge on any atom is 0.216 e. The Morgan fingerprint density at radius 1 is 1.41 bits per heavy atom. The van der Waals surface area contributed by atoms with Crippen LogP contribution in [0.5, 0.6) is 0 Å². The third-order valence-electron chi connectivity index (χ3n) is 2.72. The smallest absolute Gasteiger partial charge is 0.216 e. The van der Waals surface area contributed by atoms with Gasteiger partial charge in [-0.05, 0) is 22.6 Å². The van der Waals surface area contributed by atoms with Crippen LogP contribution in [-0.2, 0) is 7.05 Å². The van der Waals surface area contributed by atoms with E-state index in [9.17, 15) is 0 Å². The lowest BCUT2D eigenvalue weighted by Gasteiger charge is -2.02. The first-order valence-electron chi connectivity index (χ1n) is 6.21. The number of H-pyrrole nitrogens is 1. The normalized spacial score (nSPS) is 11.2. The van der Waals surface area contributed by atoms with E-state index in [2.05, 4.69) is 41.4 Å². The highest BCUT2D eigenvalue weighted by molar-refractivity contribution is 5.74. The van der Waals surface area contributed by atoms with Crippen molar-refractivity contribution in [1.82, 2.24) is 40.8 Å². The lowest BCUT2D eigenvalue weighted by molar-refractivity contribution is 0.630. The van der Waals surface area contributed by atoms with E-state index in [4.69, 9.17) is 5.26 Å². The zero-order chi connectivity index (χ0) is 15.4. The Labute approximate surface area is 124 Å². The lowest BCUT2D eigenvalue weighted by Crippen LogP contribution is -1.94. The zero-order valence-electron chi connectivity index (χ0n) is 11.5. The van der Waals surface area contributed by atoms with Gasteiger partial charge in [0.15, 0.2) is 0 Å². The summed E-state index contributed by atoms with van der Waals surface area (Å²) in [5, 5.41) is 37.2. The first-order chi connectivity index (χ1) is 10.8. The summed E-state index contributed by atoms with van der Waals surface area (Å²) in [6, 6.07) is 9.42. The van der Waals surface area contributed by atoms with E-state index in [1.54, 1.807) is 7.05 Å². The van der Waals surface area contributed by atoms with Crippen LogP contribution in [0, 0.1) is 11.3 Å². The fraction of sp³-hybridized carbons (Fsp3) is 0.0833. The Hall–Kier alpha value is -3.61. The third kappa shape index (κ3) is 2.78. The summed E-state index contributed by atoms with van der Waals surface area (Å²) in [5.74, 6) is 0.746. The number of benzene rings is 1. The number of nitriles is 1. The molecule has 0 fully saturated rings. The Balaban J connectivity index is 1.83. The van der Waals surface area contributed by atoms with Crippen LogP contribution in [0.3, 0.4) is 0 Å². The van der Waals surface area contributed by atoms with Gasteiger partial charge in [-0.1, -0.05) is 12.1 Å². The molecular weight excluding hydrogens is 284 g/mol. The largest absolute Gasteiger partial charge is 0.360 e. The van der Waals surface area contributed by atoms with Gasteiger partial charge in [-0.25, -0.2) is 0 Å². The first-order valence-corrected chi connectivity index (χ1v) is 6.21. The van der Waals surface area contributed by atoms with Crippen LogP contribution in [0.2, 0.25) is 0 Å². The van der Waals surface area contributed by atoms with Gasteiger partial charge in [0, 0.05) is 17.5 Å². The molecule has 0 aliphatic rings. The molecule has 10 nitrogen and oxygen atoms in total. The molecule has 2 N–H and O–H groups in total. The van der Waals surface area contributed by atoms with E-state index >= 15 is 0 Å². The standard InChI is InChI=1S/C12H10N10/c1-22-18-12(17-21-22)8-3-2-4-10(5-8)14-7-9(6-13)11-15-19-20-16-11/h2-5,7,14H,1H3,(H,15,16,19,20). The van der Waals surface area contributed by atoms with E-state index in [1.165, 1.54) is 11.0 Å². The van der Waals surface area contributed by atoms with Crippen molar-refractivity contribution in [3.05, 3.63) is 36.3 Å². The average Bonchev–Trinajstić information content (AvgIpc) is 3.20. The maximum atomic E-state index is 9.10. The van der Waals surface area contributed by atoms with Crippen LogP contribution in [0.1, 0.15) is 5.82 Å². The van der Waals surface area contributed by atoms with Crippen LogP contribution in [0.4, 0.5) is 5.69 Å². The SMILES string of the molecule is Cn1nnc(-c2cccc(NC=C(C#N)c3nn[nH]n3)c2)n1. The molecule has 0 atom stereocenters. The summed E-state index contributed by atoms with van der Waals surface area (Å²) in [5.41, 5.74) is 1.84. The monoisotopic (exact) mass is 294 g/mol. The minimum Gasteiger partial charge on any atom is -0.360 e.